The van der Waals surface area contributed by atoms with Gasteiger partial charge in [-0.05, 0) is 17.0 Å². The Bertz CT molecular complexity index is 1730. The second-order valence-corrected chi connectivity index (χ2v) is 11.0. The second-order valence-electron chi connectivity index (χ2n) is 10.1. The smallest absolute Gasteiger partial charge is 0.330 e. The molecule has 0 spiro atoms. The van der Waals surface area contributed by atoms with E-state index in [1.807, 2.05) is 54.6 Å². The molecule has 5 atom stereocenters. The molecule has 5 aromatic rings. The Hall–Kier alpha value is -3.44. The highest BCUT2D eigenvalue weighted by atomic mass is 31.2. The fourth-order valence-corrected chi connectivity index (χ4v) is 6.03. The largest absolute Gasteiger partial charge is 0.386 e. The molecule has 2 aromatic carbocycles. The van der Waals surface area contributed by atoms with Crippen LogP contribution in [0.5, 0.6) is 0 Å². The Morgan fingerprint density at radius 2 is 1.85 bits per heavy atom. The van der Waals surface area contributed by atoms with E-state index < -0.39 is 33.1 Å². The fraction of sp³-hybridized carbons (Fsp3) is 0.296. The van der Waals surface area contributed by atoms with Crippen molar-refractivity contribution in [1.82, 2.24) is 23.9 Å². The number of aliphatic hydroxyl groups excluding tert-OH is 1. The van der Waals surface area contributed by atoms with Gasteiger partial charge in [0.1, 0.15) is 24.1 Å². The summed E-state index contributed by atoms with van der Waals surface area (Å²) in [5.41, 5.74) is 3.59. The number of hydrogen-bond donors (Lipinski definition) is 3. The number of benzene rings is 2. The van der Waals surface area contributed by atoms with Crippen molar-refractivity contribution in [2.45, 2.75) is 44.3 Å². The third kappa shape index (κ3) is 4.01. The summed E-state index contributed by atoms with van der Waals surface area (Å²) in [6.45, 7) is 4.30. The van der Waals surface area contributed by atoms with E-state index in [0.29, 0.717) is 17.5 Å². The maximum absolute atomic E-state index is 13.7. The van der Waals surface area contributed by atoms with Crippen LogP contribution < -0.4 is 5.56 Å². The van der Waals surface area contributed by atoms with Crippen LogP contribution >= 0.6 is 8.60 Å². The highest BCUT2D eigenvalue weighted by Gasteiger charge is 2.50. The van der Waals surface area contributed by atoms with Gasteiger partial charge in [0.2, 0.25) is 5.78 Å². The molecule has 200 valence electrons. The average molecular weight is 548 g/mol. The van der Waals surface area contributed by atoms with Gasteiger partial charge in [-0.15, -0.1) is 0 Å². The zero-order chi connectivity index (χ0) is 26.8. The van der Waals surface area contributed by atoms with Gasteiger partial charge in [-0.1, -0.05) is 68.4 Å². The second kappa shape index (κ2) is 9.34. The van der Waals surface area contributed by atoms with Crippen LogP contribution in [0.25, 0.3) is 39.6 Å². The van der Waals surface area contributed by atoms with Crippen LogP contribution in [0.15, 0.2) is 65.6 Å². The van der Waals surface area contributed by atoms with Crippen LogP contribution in [-0.4, -0.2) is 58.8 Å². The first-order valence-electron chi connectivity index (χ1n) is 12.7. The summed E-state index contributed by atoms with van der Waals surface area (Å²) in [5.74, 6) is 1.10. The Morgan fingerprint density at radius 3 is 2.59 bits per heavy atom. The van der Waals surface area contributed by atoms with E-state index in [0.717, 1.165) is 22.4 Å². The highest BCUT2D eigenvalue weighted by molar-refractivity contribution is 7.40. The molecule has 39 heavy (non-hydrogen) atoms. The van der Waals surface area contributed by atoms with Crippen molar-refractivity contribution in [2.75, 3.05) is 6.61 Å². The standard InChI is InChI=1S/C27H26N5O6P/c1-14(2)15-8-10-17(11-9-15)23-29-20-24(32(23)26-21(33)22-19(37-26)13-36-39(35)38-22)30-27-28-18(12-31(27)25(20)34)16-6-4-3-5-7-16/h3-12,14,19,21-22,26,33,35H,13H2,1-2H3,(H,28,30)/t19?,21-,22+,26+,39?/m0/s1. The molecule has 0 bridgehead atoms. The van der Waals surface area contributed by atoms with Gasteiger partial charge >= 0.3 is 8.60 Å². The molecule has 2 fully saturated rings. The van der Waals surface area contributed by atoms with Gasteiger partial charge in [-0.25, -0.2) is 9.38 Å². The molecule has 7 rings (SSSR count). The number of rotatable bonds is 4. The predicted molar refractivity (Wildman–Crippen MR) is 144 cm³/mol. The van der Waals surface area contributed by atoms with Crippen LogP contribution in [-0.2, 0) is 13.8 Å². The average Bonchev–Trinajstić information content (AvgIpc) is 3.63. The Balaban J connectivity index is 1.43. The third-order valence-corrected chi connectivity index (χ3v) is 8.09. The van der Waals surface area contributed by atoms with Crippen LogP contribution in [0.2, 0.25) is 0 Å². The predicted octanol–water partition coefficient (Wildman–Crippen LogP) is 3.72. The van der Waals surface area contributed by atoms with Crippen molar-refractivity contribution >= 4 is 25.5 Å². The van der Waals surface area contributed by atoms with Crippen molar-refractivity contribution in [3.05, 3.63) is 76.7 Å². The van der Waals surface area contributed by atoms with E-state index >= 15 is 0 Å². The molecule has 5 heterocycles. The molecule has 0 amide bonds. The van der Waals surface area contributed by atoms with Crippen molar-refractivity contribution < 1.29 is 23.8 Å². The molecule has 3 aromatic heterocycles. The molecule has 12 heteroatoms. The van der Waals surface area contributed by atoms with Crippen LogP contribution in [0.1, 0.15) is 31.6 Å². The molecule has 0 saturated carbocycles. The summed E-state index contributed by atoms with van der Waals surface area (Å²) >= 11 is 0. The van der Waals surface area contributed by atoms with E-state index in [9.17, 15) is 14.8 Å². The van der Waals surface area contributed by atoms with Crippen LogP contribution in [0, 0.1) is 0 Å². The number of aliphatic hydroxyl groups is 1. The number of fused-ring (bicyclic) bond motifs is 3. The molecular formula is C27H26N5O6P. The monoisotopic (exact) mass is 547 g/mol. The van der Waals surface area contributed by atoms with Crippen molar-refractivity contribution in [2.24, 2.45) is 0 Å². The van der Waals surface area contributed by atoms with Gasteiger partial charge in [0.15, 0.2) is 17.4 Å². The first-order valence-corrected chi connectivity index (χ1v) is 13.8. The summed E-state index contributed by atoms with van der Waals surface area (Å²) in [6.07, 6.45) is -1.84. The maximum atomic E-state index is 13.7. The Labute approximate surface area is 223 Å². The van der Waals surface area contributed by atoms with Gasteiger partial charge < -0.3 is 28.8 Å². The molecule has 11 nitrogen and oxygen atoms in total. The normalized spacial score (nSPS) is 25.1. The van der Waals surface area contributed by atoms with E-state index in [4.69, 9.17) is 23.8 Å². The van der Waals surface area contributed by atoms with Gasteiger partial charge in [0.05, 0.1) is 12.3 Å². The number of nitrogens with one attached hydrogen (secondary N) is 1. The number of imidazole rings is 2. The van der Waals surface area contributed by atoms with Gasteiger partial charge in [0.25, 0.3) is 5.56 Å². The summed E-state index contributed by atoms with van der Waals surface area (Å²) in [6, 6.07) is 17.5. The summed E-state index contributed by atoms with van der Waals surface area (Å²) in [5, 5.41) is 11.3. The molecule has 2 aliphatic heterocycles. The van der Waals surface area contributed by atoms with Crippen LogP contribution in [0.3, 0.4) is 0 Å². The number of ether oxygens (including phenoxy) is 1. The first-order chi connectivity index (χ1) is 18.9. The molecule has 0 aliphatic carbocycles. The molecular weight excluding hydrogens is 521 g/mol. The lowest BCUT2D eigenvalue weighted by atomic mass is 10.0. The minimum absolute atomic E-state index is 0.0723. The van der Waals surface area contributed by atoms with Gasteiger partial charge in [-0.3, -0.25) is 9.36 Å². The van der Waals surface area contributed by atoms with Gasteiger partial charge in [-0.2, -0.15) is 4.98 Å². The van der Waals surface area contributed by atoms with Crippen molar-refractivity contribution in [1.29, 1.82) is 0 Å². The summed E-state index contributed by atoms with van der Waals surface area (Å²) in [7, 11) is -2.11. The van der Waals surface area contributed by atoms with Crippen molar-refractivity contribution in [3.8, 4) is 22.6 Å². The minimum Gasteiger partial charge on any atom is -0.386 e. The fourth-order valence-electron chi connectivity index (χ4n) is 5.22. The van der Waals surface area contributed by atoms with Gasteiger partial charge in [0, 0.05) is 11.8 Å². The Morgan fingerprint density at radius 1 is 1.08 bits per heavy atom. The molecule has 2 unspecified atom stereocenters. The molecule has 3 N–H and O–H groups in total. The van der Waals surface area contributed by atoms with E-state index in [-0.39, 0.29) is 23.3 Å². The lowest BCUT2D eigenvalue weighted by Gasteiger charge is -2.27. The molecule has 2 saturated heterocycles. The third-order valence-electron chi connectivity index (χ3n) is 7.30. The zero-order valence-electron chi connectivity index (χ0n) is 21.1. The SMILES string of the molecule is CC(C)c1ccc(-c2nc3c(=O)n4cc(-c5ccccc5)[nH]c4nc3n2[C@@H]2OC3COP(O)O[C@H]3[C@@H]2O)cc1. The quantitative estimate of drug-likeness (QED) is 0.290. The molecule has 2 aliphatic rings. The topological polar surface area (TPSA) is 136 Å². The number of nitrogens with zero attached hydrogens (tertiary/aromatic N) is 4. The first kappa shape index (κ1) is 24.6. The number of hydrogen-bond acceptors (Lipinski definition) is 8. The maximum Gasteiger partial charge on any atom is 0.330 e. The van der Waals surface area contributed by atoms with Crippen LogP contribution in [0.4, 0.5) is 0 Å². The summed E-state index contributed by atoms with van der Waals surface area (Å²) in [4.78, 5) is 36.4. The lowest BCUT2D eigenvalue weighted by Crippen LogP contribution is -2.38. The van der Waals surface area contributed by atoms with E-state index in [2.05, 4.69) is 18.8 Å². The highest BCUT2D eigenvalue weighted by Crippen LogP contribution is 2.47. The lowest BCUT2D eigenvalue weighted by molar-refractivity contribution is -0.0581. The Kier molecular flexibility index (Phi) is 5.89. The number of H-pyrrole nitrogens is 1. The number of aromatic nitrogens is 5. The summed E-state index contributed by atoms with van der Waals surface area (Å²) < 4.78 is 20.0. The van der Waals surface area contributed by atoms with Crippen molar-refractivity contribution in [3.63, 3.8) is 0 Å². The van der Waals surface area contributed by atoms with E-state index in [1.54, 1.807) is 10.8 Å². The number of aromatic amines is 1. The van der Waals surface area contributed by atoms with E-state index in [1.165, 1.54) is 4.40 Å². The minimum atomic E-state index is -2.11. The molecule has 0 radical (unpaired) electrons. The zero-order valence-corrected chi connectivity index (χ0v) is 22.0.